The second-order valence-corrected chi connectivity index (χ2v) is 4.91. The molecule has 0 spiro atoms. The maximum Gasteiger partial charge on any atom is 0.469 e. The van der Waals surface area contributed by atoms with Crippen LogP contribution in [0, 0.1) is 5.41 Å². The van der Waals surface area contributed by atoms with Crippen LogP contribution >= 0.6 is 7.82 Å². The lowest BCUT2D eigenvalue weighted by molar-refractivity contribution is 0.0122. The van der Waals surface area contributed by atoms with Crippen LogP contribution in [0.2, 0.25) is 0 Å². The summed E-state index contributed by atoms with van der Waals surface area (Å²) in [4.78, 5) is 16.6. The van der Waals surface area contributed by atoms with Gasteiger partial charge in [-0.15, -0.1) is 0 Å². The summed E-state index contributed by atoms with van der Waals surface area (Å²) in [5.41, 5.74) is -0.435. The molecule has 0 saturated carbocycles. The average Bonchev–Trinajstić information content (AvgIpc) is 1.78. The van der Waals surface area contributed by atoms with E-state index < -0.39 is 19.3 Å². The van der Waals surface area contributed by atoms with Crippen molar-refractivity contribution in [1.82, 2.24) is 0 Å². The fourth-order valence-corrected chi connectivity index (χ4v) is 0.753. The Labute approximate surface area is 71.6 Å². The van der Waals surface area contributed by atoms with Gasteiger partial charge in [0.1, 0.15) is 0 Å². The molecule has 0 aromatic rings. The average molecular weight is 198 g/mol. The van der Waals surface area contributed by atoms with Gasteiger partial charge in [0.2, 0.25) is 0 Å². The van der Waals surface area contributed by atoms with Gasteiger partial charge in [0.25, 0.3) is 0 Å². The smallest absolute Gasteiger partial charge is 0.390 e. The van der Waals surface area contributed by atoms with Gasteiger partial charge in [0.05, 0.1) is 12.7 Å². The van der Waals surface area contributed by atoms with Crippen molar-refractivity contribution < 1.29 is 24.0 Å². The molecule has 0 heterocycles. The molecule has 6 heteroatoms. The van der Waals surface area contributed by atoms with E-state index in [1.165, 1.54) is 0 Å². The fourth-order valence-electron chi connectivity index (χ4n) is 0.418. The molecule has 0 rings (SSSR count). The van der Waals surface area contributed by atoms with Crippen molar-refractivity contribution in [2.24, 2.45) is 5.41 Å². The number of phosphoric acid groups is 1. The molecule has 1 atom stereocenters. The minimum absolute atomic E-state index is 0.353. The minimum atomic E-state index is -4.45. The molecule has 0 aliphatic carbocycles. The summed E-state index contributed by atoms with van der Waals surface area (Å²) >= 11 is 0. The zero-order chi connectivity index (χ0) is 9.99. The summed E-state index contributed by atoms with van der Waals surface area (Å²) in [6.45, 7) is 4.90. The Bertz CT molecular complexity index is 179. The van der Waals surface area contributed by atoms with E-state index in [4.69, 9.17) is 9.79 Å². The van der Waals surface area contributed by atoms with E-state index in [0.29, 0.717) is 0 Å². The van der Waals surface area contributed by atoms with Crippen LogP contribution in [-0.4, -0.2) is 27.6 Å². The highest BCUT2D eigenvalue weighted by atomic mass is 31.2. The molecule has 0 aliphatic heterocycles. The summed E-state index contributed by atoms with van der Waals surface area (Å²) in [5, 5.41) is 9.28. The SMILES string of the molecule is CC(C)(C)C(O)COP(=O)(O)O. The third kappa shape index (κ3) is 5.69. The molecule has 0 bridgehead atoms. The Balaban J connectivity index is 3.89. The van der Waals surface area contributed by atoms with Crippen LogP contribution in [0.4, 0.5) is 0 Å². The number of aliphatic hydroxyl groups excluding tert-OH is 1. The second-order valence-electron chi connectivity index (χ2n) is 3.67. The van der Waals surface area contributed by atoms with Crippen molar-refractivity contribution in [2.45, 2.75) is 26.9 Å². The summed E-state index contributed by atoms with van der Waals surface area (Å²) < 4.78 is 14.4. The van der Waals surface area contributed by atoms with E-state index in [2.05, 4.69) is 4.52 Å². The molecular formula is C6H15O5P. The highest BCUT2D eigenvalue weighted by molar-refractivity contribution is 7.46. The Morgan fingerprint density at radius 3 is 2.08 bits per heavy atom. The molecule has 5 nitrogen and oxygen atoms in total. The standard InChI is InChI=1S/C6H15O5P/c1-6(2,3)5(7)4-11-12(8,9)10/h5,7H,4H2,1-3H3,(H2,8,9,10). The Morgan fingerprint density at radius 2 is 1.83 bits per heavy atom. The van der Waals surface area contributed by atoms with Crippen LogP contribution in [-0.2, 0) is 9.09 Å². The van der Waals surface area contributed by atoms with Crippen molar-refractivity contribution in [3.63, 3.8) is 0 Å². The summed E-state index contributed by atoms with van der Waals surface area (Å²) in [5.74, 6) is 0. The predicted octanol–water partition coefficient (Wildman–Crippen LogP) is 0.503. The quantitative estimate of drug-likeness (QED) is 0.575. The van der Waals surface area contributed by atoms with Crippen molar-refractivity contribution in [2.75, 3.05) is 6.61 Å². The zero-order valence-electron chi connectivity index (χ0n) is 7.39. The van der Waals surface area contributed by atoms with Crippen molar-refractivity contribution in [1.29, 1.82) is 0 Å². The van der Waals surface area contributed by atoms with E-state index in [1.807, 2.05) is 0 Å². The predicted molar refractivity (Wildman–Crippen MR) is 43.5 cm³/mol. The normalized spacial score (nSPS) is 16.2. The number of hydrogen-bond acceptors (Lipinski definition) is 3. The van der Waals surface area contributed by atoms with Crippen LogP contribution in [0.3, 0.4) is 0 Å². The molecule has 3 N–H and O–H groups in total. The van der Waals surface area contributed by atoms with Gasteiger partial charge in [0, 0.05) is 0 Å². The van der Waals surface area contributed by atoms with Crippen LogP contribution < -0.4 is 0 Å². The zero-order valence-corrected chi connectivity index (χ0v) is 8.28. The third-order valence-corrected chi connectivity index (χ3v) is 1.89. The molecule has 1 unspecified atom stereocenters. The summed E-state index contributed by atoms with van der Waals surface area (Å²) in [6, 6.07) is 0. The lowest BCUT2D eigenvalue weighted by atomic mass is 9.90. The Hall–Kier alpha value is 0.0700. The van der Waals surface area contributed by atoms with Gasteiger partial charge in [0.15, 0.2) is 0 Å². The lowest BCUT2D eigenvalue weighted by Gasteiger charge is -2.25. The van der Waals surface area contributed by atoms with Gasteiger partial charge >= 0.3 is 7.82 Å². The summed E-state index contributed by atoms with van der Waals surface area (Å²) in [6.07, 6.45) is -0.884. The molecule has 0 fully saturated rings. The first-order chi connectivity index (χ1) is 5.13. The molecule has 12 heavy (non-hydrogen) atoms. The second kappa shape index (κ2) is 3.85. The summed E-state index contributed by atoms with van der Waals surface area (Å²) in [7, 11) is -4.45. The topological polar surface area (TPSA) is 87.0 Å². The molecule has 0 aromatic carbocycles. The molecule has 0 aliphatic rings. The van der Waals surface area contributed by atoms with E-state index in [0.717, 1.165) is 0 Å². The van der Waals surface area contributed by atoms with Crippen molar-refractivity contribution >= 4 is 7.82 Å². The van der Waals surface area contributed by atoms with Crippen molar-refractivity contribution in [3.05, 3.63) is 0 Å². The fraction of sp³-hybridized carbons (Fsp3) is 1.00. The molecular weight excluding hydrogens is 183 g/mol. The first kappa shape index (κ1) is 12.1. The highest BCUT2D eigenvalue weighted by Crippen LogP contribution is 2.36. The van der Waals surface area contributed by atoms with Crippen molar-refractivity contribution in [3.8, 4) is 0 Å². The first-order valence-corrected chi connectivity index (χ1v) is 5.04. The molecule has 74 valence electrons. The van der Waals surface area contributed by atoms with E-state index >= 15 is 0 Å². The monoisotopic (exact) mass is 198 g/mol. The Morgan fingerprint density at radius 1 is 1.42 bits per heavy atom. The number of aliphatic hydroxyl groups is 1. The molecule has 0 radical (unpaired) electrons. The van der Waals surface area contributed by atoms with Crippen LogP contribution in [0.5, 0.6) is 0 Å². The van der Waals surface area contributed by atoms with Gasteiger partial charge in [-0.3, -0.25) is 4.52 Å². The third-order valence-electron chi connectivity index (χ3n) is 1.40. The van der Waals surface area contributed by atoms with Crippen LogP contribution in [0.25, 0.3) is 0 Å². The van der Waals surface area contributed by atoms with Gasteiger partial charge in [-0.2, -0.15) is 0 Å². The number of hydrogen-bond donors (Lipinski definition) is 3. The van der Waals surface area contributed by atoms with Crippen LogP contribution in [0.1, 0.15) is 20.8 Å². The largest absolute Gasteiger partial charge is 0.469 e. The van der Waals surface area contributed by atoms with E-state index in [1.54, 1.807) is 20.8 Å². The first-order valence-electron chi connectivity index (χ1n) is 3.51. The maximum atomic E-state index is 10.2. The van der Waals surface area contributed by atoms with Gasteiger partial charge in [-0.1, -0.05) is 20.8 Å². The Kier molecular flexibility index (Phi) is 3.87. The number of phosphoric ester groups is 1. The van der Waals surface area contributed by atoms with Crippen LogP contribution in [0.15, 0.2) is 0 Å². The number of rotatable bonds is 3. The molecule has 0 amide bonds. The van der Waals surface area contributed by atoms with Gasteiger partial charge in [-0.25, -0.2) is 4.57 Å². The molecule has 0 saturated heterocycles. The highest BCUT2D eigenvalue weighted by Gasteiger charge is 2.25. The lowest BCUT2D eigenvalue weighted by Crippen LogP contribution is -2.30. The van der Waals surface area contributed by atoms with E-state index in [-0.39, 0.29) is 6.61 Å². The minimum Gasteiger partial charge on any atom is -0.390 e. The molecule has 0 aromatic heterocycles. The van der Waals surface area contributed by atoms with E-state index in [9.17, 15) is 9.67 Å². The van der Waals surface area contributed by atoms with Gasteiger partial charge < -0.3 is 14.9 Å². The maximum absolute atomic E-state index is 10.2. The van der Waals surface area contributed by atoms with Gasteiger partial charge in [-0.05, 0) is 5.41 Å².